The number of amides is 1. The predicted molar refractivity (Wildman–Crippen MR) is 72.4 cm³/mol. The van der Waals surface area contributed by atoms with Gasteiger partial charge in [-0.15, -0.1) is 11.6 Å². The molecule has 0 saturated carbocycles. The van der Waals surface area contributed by atoms with E-state index < -0.39 is 0 Å². The highest BCUT2D eigenvalue weighted by atomic mass is 35.5. The summed E-state index contributed by atoms with van der Waals surface area (Å²) in [4.78, 5) is 11.2. The molecular weight excluding hydrogens is 234 g/mol. The Balaban J connectivity index is 2.77. The molecule has 1 aromatic rings. The van der Waals surface area contributed by atoms with Crippen molar-refractivity contribution in [1.29, 1.82) is 0 Å². The Kier molecular flexibility index (Phi) is 4.58. The molecule has 1 N–H and O–H groups in total. The molecule has 0 aliphatic heterocycles. The number of rotatable bonds is 3. The summed E-state index contributed by atoms with van der Waals surface area (Å²) in [5.74, 6) is -0.135. The fourth-order valence-corrected chi connectivity index (χ4v) is 1.71. The average Bonchev–Trinajstić information content (AvgIpc) is 2.27. The third-order valence-corrected chi connectivity index (χ3v) is 3.02. The smallest absolute Gasteiger partial charge is 0.235 e. The van der Waals surface area contributed by atoms with Gasteiger partial charge >= 0.3 is 0 Å². The molecule has 1 rings (SSSR count). The molecule has 0 aliphatic carbocycles. The Morgan fingerprint density at radius 3 is 2.24 bits per heavy atom. The Hall–Kier alpha value is -1.02. The van der Waals surface area contributed by atoms with Crippen LogP contribution in [-0.4, -0.2) is 11.8 Å². The molecule has 0 spiro atoms. The average molecular weight is 254 g/mol. The Bertz CT molecular complexity index is 378. The van der Waals surface area contributed by atoms with Crippen LogP contribution in [0, 0.1) is 0 Å². The minimum absolute atomic E-state index is 0.00438. The topological polar surface area (TPSA) is 29.1 Å². The summed E-state index contributed by atoms with van der Waals surface area (Å²) in [5, 5.41) is 2.83. The number of hydrogen-bond acceptors (Lipinski definition) is 1. The molecule has 0 saturated heterocycles. The van der Waals surface area contributed by atoms with E-state index in [1.54, 1.807) is 0 Å². The zero-order valence-corrected chi connectivity index (χ0v) is 11.6. The van der Waals surface area contributed by atoms with E-state index in [4.69, 9.17) is 11.6 Å². The van der Waals surface area contributed by atoms with Crippen LogP contribution in [-0.2, 0) is 10.2 Å². The lowest BCUT2D eigenvalue weighted by Crippen LogP contribution is -2.27. The first-order chi connectivity index (χ1) is 7.84. The number of alkyl halides is 1. The predicted octanol–water partition coefficient (Wildman–Crippen LogP) is 3.40. The fraction of sp³-hybridized carbons (Fsp3) is 0.500. The molecule has 1 unspecified atom stereocenters. The van der Waals surface area contributed by atoms with Gasteiger partial charge in [0.15, 0.2) is 0 Å². The van der Waals surface area contributed by atoms with E-state index in [1.807, 2.05) is 6.92 Å². The Labute approximate surface area is 108 Å². The van der Waals surface area contributed by atoms with Crippen molar-refractivity contribution in [3.8, 4) is 0 Å². The van der Waals surface area contributed by atoms with Crippen LogP contribution < -0.4 is 5.32 Å². The second-order valence-electron chi connectivity index (χ2n) is 5.29. The minimum Gasteiger partial charge on any atom is -0.349 e. The van der Waals surface area contributed by atoms with Crippen molar-refractivity contribution in [2.24, 2.45) is 0 Å². The number of nitrogens with one attached hydrogen (secondary N) is 1. The molecule has 94 valence electrons. The second kappa shape index (κ2) is 5.54. The molecule has 3 heteroatoms. The lowest BCUT2D eigenvalue weighted by Gasteiger charge is -2.20. The quantitative estimate of drug-likeness (QED) is 0.822. The van der Waals surface area contributed by atoms with Gasteiger partial charge < -0.3 is 5.32 Å². The van der Waals surface area contributed by atoms with Gasteiger partial charge in [-0.1, -0.05) is 45.0 Å². The highest BCUT2D eigenvalue weighted by molar-refractivity contribution is 6.27. The van der Waals surface area contributed by atoms with Gasteiger partial charge in [0.25, 0.3) is 0 Å². The van der Waals surface area contributed by atoms with E-state index in [9.17, 15) is 4.79 Å². The summed E-state index contributed by atoms with van der Waals surface area (Å²) < 4.78 is 0. The van der Waals surface area contributed by atoms with Crippen LogP contribution in [0.5, 0.6) is 0 Å². The van der Waals surface area contributed by atoms with Crippen LogP contribution in [0.4, 0.5) is 0 Å². The van der Waals surface area contributed by atoms with E-state index in [1.165, 1.54) is 5.56 Å². The molecule has 0 fully saturated rings. The van der Waals surface area contributed by atoms with E-state index in [0.29, 0.717) is 0 Å². The third kappa shape index (κ3) is 4.04. The standard InChI is InChI=1S/C14H20ClNO/c1-10(16-13(17)9-15)11-5-7-12(8-6-11)14(2,3)4/h5-8,10H,9H2,1-4H3,(H,16,17). The van der Waals surface area contributed by atoms with Crippen molar-refractivity contribution in [3.05, 3.63) is 35.4 Å². The highest BCUT2D eigenvalue weighted by Gasteiger charge is 2.14. The minimum atomic E-state index is -0.140. The first kappa shape index (κ1) is 14.0. The van der Waals surface area contributed by atoms with Crippen molar-refractivity contribution in [2.45, 2.75) is 39.2 Å². The zero-order valence-electron chi connectivity index (χ0n) is 10.9. The number of carbonyl (C=O) groups is 1. The maximum Gasteiger partial charge on any atom is 0.235 e. The SMILES string of the molecule is CC(NC(=O)CCl)c1ccc(C(C)(C)C)cc1. The summed E-state index contributed by atoms with van der Waals surface area (Å²) in [6.07, 6.45) is 0. The number of benzene rings is 1. The van der Waals surface area contributed by atoms with Gasteiger partial charge in [-0.3, -0.25) is 4.79 Å². The van der Waals surface area contributed by atoms with Crippen molar-refractivity contribution >= 4 is 17.5 Å². The van der Waals surface area contributed by atoms with Gasteiger partial charge in [-0.05, 0) is 23.5 Å². The first-order valence-corrected chi connectivity index (χ1v) is 6.34. The molecular formula is C14H20ClNO. The Morgan fingerprint density at radius 1 is 1.29 bits per heavy atom. The van der Waals surface area contributed by atoms with Crippen LogP contribution in [0.15, 0.2) is 24.3 Å². The fourth-order valence-electron chi connectivity index (χ4n) is 1.64. The van der Waals surface area contributed by atoms with Crippen LogP contribution in [0.1, 0.15) is 44.9 Å². The molecule has 0 aliphatic rings. The van der Waals surface area contributed by atoms with E-state index >= 15 is 0 Å². The Morgan fingerprint density at radius 2 is 1.82 bits per heavy atom. The number of hydrogen-bond donors (Lipinski definition) is 1. The lowest BCUT2D eigenvalue weighted by atomic mass is 9.86. The summed E-state index contributed by atoms with van der Waals surface area (Å²) in [5.41, 5.74) is 2.54. The van der Waals surface area contributed by atoms with Crippen LogP contribution in [0.25, 0.3) is 0 Å². The van der Waals surface area contributed by atoms with Gasteiger partial charge in [0.2, 0.25) is 5.91 Å². The van der Waals surface area contributed by atoms with Crippen molar-refractivity contribution in [2.75, 3.05) is 5.88 Å². The van der Waals surface area contributed by atoms with Crippen LogP contribution >= 0.6 is 11.6 Å². The molecule has 2 nitrogen and oxygen atoms in total. The second-order valence-corrected chi connectivity index (χ2v) is 5.56. The normalized spacial score (nSPS) is 13.2. The molecule has 17 heavy (non-hydrogen) atoms. The summed E-state index contributed by atoms with van der Waals surface area (Å²) in [6, 6.07) is 8.33. The van der Waals surface area contributed by atoms with Crippen LogP contribution in [0.2, 0.25) is 0 Å². The monoisotopic (exact) mass is 253 g/mol. The van der Waals surface area contributed by atoms with Gasteiger partial charge in [0.1, 0.15) is 5.88 Å². The largest absolute Gasteiger partial charge is 0.349 e. The molecule has 0 bridgehead atoms. The van der Waals surface area contributed by atoms with Crippen molar-refractivity contribution in [1.82, 2.24) is 5.32 Å². The molecule has 1 aromatic carbocycles. The van der Waals surface area contributed by atoms with E-state index in [2.05, 4.69) is 50.4 Å². The molecule has 0 aromatic heterocycles. The lowest BCUT2D eigenvalue weighted by molar-refractivity contribution is -0.119. The molecule has 0 radical (unpaired) electrons. The highest BCUT2D eigenvalue weighted by Crippen LogP contribution is 2.23. The summed E-state index contributed by atoms with van der Waals surface area (Å²) in [7, 11) is 0. The maximum atomic E-state index is 11.2. The molecule has 0 heterocycles. The summed E-state index contributed by atoms with van der Waals surface area (Å²) in [6.45, 7) is 8.50. The van der Waals surface area contributed by atoms with Crippen molar-refractivity contribution in [3.63, 3.8) is 0 Å². The van der Waals surface area contributed by atoms with E-state index in [0.717, 1.165) is 5.56 Å². The van der Waals surface area contributed by atoms with Crippen LogP contribution in [0.3, 0.4) is 0 Å². The van der Waals surface area contributed by atoms with Gasteiger partial charge in [-0.25, -0.2) is 0 Å². The van der Waals surface area contributed by atoms with E-state index in [-0.39, 0.29) is 23.2 Å². The van der Waals surface area contributed by atoms with Crippen molar-refractivity contribution < 1.29 is 4.79 Å². The zero-order chi connectivity index (χ0) is 13.1. The van der Waals surface area contributed by atoms with Gasteiger partial charge in [0.05, 0.1) is 6.04 Å². The summed E-state index contributed by atoms with van der Waals surface area (Å²) >= 11 is 5.46. The molecule has 1 atom stereocenters. The van der Waals surface area contributed by atoms with Gasteiger partial charge in [0, 0.05) is 0 Å². The van der Waals surface area contributed by atoms with Gasteiger partial charge in [-0.2, -0.15) is 0 Å². The molecule has 1 amide bonds. The first-order valence-electron chi connectivity index (χ1n) is 5.80. The number of carbonyl (C=O) groups excluding carboxylic acids is 1. The number of halogens is 1. The maximum absolute atomic E-state index is 11.2. The third-order valence-electron chi connectivity index (χ3n) is 2.78.